The van der Waals surface area contributed by atoms with Crippen LogP contribution >= 0.6 is 12.4 Å². The summed E-state index contributed by atoms with van der Waals surface area (Å²) in [5.74, 6) is 0.594. The van der Waals surface area contributed by atoms with Gasteiger partial charge in [-0.05, 0) is 49.5 Å². The number of hydrogen-bond donors (Lipinski definition) is 1. The number of nitrogens with one attached hydrogen (secondary N) is 1. The Kier molecular flexibility index (Phi) is 8.03. The highest BCUT2D eigenvalue weighted by molar-refractivity contribution is 5.85. The molecule has 0 aliphatic carbocycles. The summed E-state index contributed by atoms with van der Waals surface area (Å²) in [6.07, 6.45) is -2.22. The average molecular weight is 365 g/mol. The van der Waals surface area contributed by atoms with Crippen molar-refractivity contribution in [1.82, 2.24) is 10.2 Å². The van der Waals surface area contributed by atoms with Crippen molar-refractivity contribution in [3.63, 3.8) is 0 Å². The van der Waals surface area contributed by atoms with Crippen LogP contribution in [0.25, 0.3) is 0 Å². The maximum absolute atomic E-state index is 12.5. The summed E-state index contributed by atoms with van der Waals surface area (Å²) in [5.41, 5.74) is -0.0595. The molecule has 1 amide bonds. The van der Waals surface area contributed by atoms with Crippen LogP contribution in [0.2, 0.25) is 0 Å². The number of carbonyl (C=O) groups is 1. The fourth-order valence-electron chi connectivity index (χ4n) is 2.83. The first-order chi connectivity index (χ1) is 10.9. The Morgan fingerprint density at radius 3 is 2.29 bits per heavy atom. The highest BCUT2D eigenvalue weighted by atomic mass is 35.5. The van der Waals surface area contributed by atoms with Crippen LogP contribution in [0.3, 0.4) is 0 Å². The zero-order valence-electron chi connectivity index (χ0n) is 13.7. The monoisotopic (exact) mass is 364 g/mol. The molecule has 1 aromatic rings. The smallest absolute Gasteiger partial charge is 0.342 e. The molecule has 0 saturated carbocycles. The van der Waals surface area contributed by atoms with Crippen molar-refractivity contribution in [2.45, 2.75) is 32.4 Å². The number of likely N-dealkylation sites (tertiary alicyclic amines) is 1. The average Bonchev–Trinajstić information content (AvgIpc) is 2.53. The van der Waals surface area contributed by atoms with E-state index in [0.717, 1.165) is 51.2 Å². The van der Waals surface area contributed by atoms with Gasteiger partial charge in [-0.15, -0.1) is 12.4 Å². The van der Waals surface area contributed by atoms with Crippen LogP contribution < -0.4 is 5.32 Å². The molecular formula is C17H24ClF3N2O. The number of rotatable bonds is 5. The van der Waals surface area contributed by atoms with Crippen LogP contribution in [0.15, 0.2) is 24.3 Å². The molecule has 1 saturated heterocycles. The first-order valence-corrected chi connectivity index (χ1v) is 8.04. The third kappa shape index (κ3) is 5.98. The molecule has 0 bridgehead atoms. The molecule has 136 valence electrons. The van der Waals surface area contributed by atoms with Gasteiger partial charge in [0.1, 0.15) is 0 Å². The lowest BCUT2D eigenvalue weighted by Crippen LogP contribution is -2.41. The SMILES string of the molecule is CCNCC1CCN(C(=O)Cc2ccc(C(F)(F)F)cc2)CC1.Cl. The number of nitrogens with zero attached hydrogens (tertiary/aromatic N) is 1. The quantitative estimate of drug-likeness (QED) is 0.867. The molecular weight excluding hydrogens is 341 g/mol. The van der Waals surface area contributed by atoms with Gasteiger partial charge in [-0.3, -0.25) is 4.79 Å². The number of piperidine rings is 1. The molecule has 1 aliphatic heterocycles. The molecule has 2 rings (SSSR count). The molecule has 0 atom stereocenters. The number of halogens is 4. The van der Waals surface area contributed by atoms with E-state index in [2.05, 4.69) is 12.2 Å². The van der Waals surface area contributed by atoms with Gasteiger partial charge in [0.2, 0.25) is 5.91 Å². The Bertz CT molecular complexity index is 512. The van der Waals surface area contributed by atoms with E-state index in [1.807, 2.05) is 4.90 Å². The third-order valence-electron chi connectivity index (χ3n) is 4.29. The maximum atomic E-state index is 12.5. The van der Waals surface area contributed by atoms with Crippen molar-refractivity contribution < 1.29 is 18.0 Å². The van der Waals surface area contributed by atoms with Crippen molar-refractivity contribution >= 4 is 18.3 Å². The second kappa shape index (κ2) is 9.28. The number of hydrogen-bond acceptors (Lipinski definition) is 2. The summed E-state index contributed by atoms with van der Waals surface area (Å²) >= 11 is 0. The second-order valence-electron chi connectivity index (χ2n) is 6.00. The van der Waals surface area contributed by atoms with Crippen molar-refractivity contribution in [2.75, 3.05) is 26.2 Å². The van der Waals surface area contributed by atoms with Crippen molar-refractivity contribution in [3.05, 3.63) is 35.4 Å². The van der Waals surface area contributed by atoms with Gasteiger partial charge in [-0.25, -0.2) is 0 Å². The number of benzene rings is 1. The molecule has 0 aromatic heterocycles. The third-order valence-corrected chi connectivity index (χ3v) is 4.29. The van der Waals surface area contributed by atoms with E-state index in [4.69, 9.17) is 0 Å². The normalized spacial score (nSPS) is 15.9. The molecule has 0 unspecified atom stereocenters. The highest BCUT2D eigenvalue weighted by Crippen LogP contribution is 2.29. The van der Waals surface area contributed by atoms with Crippen LogP contribution in [0.1, 0.15) is 30.9 Å². The minimum Gasteiger partial charge on any atom is -0.342 e. The summed E-state index contributed by atoms with van der Waals surface area (Å²) in [7, 11) is 0. The topological polar surface area (TPSA) is 32.3 Å². The molecule has 0 radical (unpaired) electrons. The van der Waals surface area contributed by atoms with Gasteiger partial charge in [0.15, 0.2) is 0 Å². The zero-order valence-corrected chi connectivity index (χ0v) is 14.6. The van der Waals surface area contributed by atoms with E-state index in [9.17, 15) is 18.0 Å². The predicted molar refractivity (Wildman–Crippen MR) is 90.2 cm³/mol. The minimum atomic E-state index is -4.34. The number of carbonyl (C=O) groups excluding carboxylic acids is 1. The summed E-state index contributed by atoms with van der Waals surface area (Å²) in [6.45, 7) is 5.47. The van der Waals surface area contributed by atoms with Gasteiger partial charge in [-0.2, -0.15) is 13.2 Å². The summed E-state index contributed by atoms with van der Waals surface area (Å²) in [6, 6.07) is 4.84. The van der Waals surface area contributed by atoms with Gasteiger partial charge >= 0.3 is 6.18 Å². The van der Waals surface area contributed by atoms with Crippen LogP contribution in [-0.2, 0) is 17.4 Å². The van der Waals surface area contributed by atoms with E-state index in [1.54, 1.807) is 0 Å². The van der Waals surface area contributed by atoms with Gasteiger partial charge in [0, 0.05) is 13.1 Å². The molecule has 1 fully saturated rings. The van der Waals surface area contributed by atoms with Crippen LogP contribution in [0, 0.1) is 5.92 Å². The summed E-state index contributed by atoms with van der Waals surface area (Å²) < 4.78 is 37.6. The van der Waals surface area contributed by atoms with E-state index in [-0.39, 0.29) is 24.7 Å². The highest BCUT2D eigenvalue weighted by Gasteiger charge is 2.30. The Balaban J connectivity index is 0.00000288. The van der Waals surface area contributed by atoms with E-state index >= 15 is 0 Å². The standard InChI is InChI=1S/C17H23F3N2O.ClH/c1-2-21-12-14-7-9-22(10-8-14)16(23)11-13-3-5-15(6-4-13)17(18,19)20;/h3-6,14,21H,2,7-12H2,1H3;1H. The lowest BCUT2D eigenvalue weighted by Gasteiger charge is -2.32. The fourth-order valence-corrected chi connectivity index (χ4v) is 2.83. The summed E-state index contributed by atoms with van der Waals surface area (Å²) in [5, 5.41) is 3.32. The molecule has 3 nitrogen and oxygen atoms in total. The van der Waals surface area contributed by atoms with Gasteiger partial charge in [0.25, 0.3) is 0 Å². The van der Waals surface area contributed by atoms with Gasteiger partial charge < -0.3 is 10.2 Å². The predicted octanol–water partition coefficient (Wildman–Crippen LogP) is 3.52. The lowest BCUT2D eigenvalue weighted by molar-refractivity contribution is -0.137. The first-order valence-electron chi connectivity index (χ1n) is 8.04. The second-order valence-corrected chi connectivity index (χ2v) is 6.00. The van der Waals surface area contributed by atoms with E-state index in [1.165, 1.54) is 12.1 Å². The van der Waals surface area contributed by atoms with Crippen molar-refractivity contribution in [1.29, 1.82) is 0 Å². The molecule has 0 spiro atoms. The number of amides is 1. The Hall–Kier alpha value is -1.27. The Morgan fingerprint density at radius 2 is 1.79 bits per heavy atom. The molecule has 1 aliphatic rings. The van der Waals surface area contributed by atoms with E-state index in [0.29, 0.717) is 11.5 Å². The number of alkyl halides is 3. The Morgan fingerprint density at radius 1 is 1.21 bits per heavy atom. The largest absolute Gasteiger partial charge is 0.416 e. The minimum absolute atomic E-state index is 0. The van der Waals surface area contributed by atoms with Crippen LogP contribution in [-0.4, -0.2) is 37.0 Å². The molecule has 24 heavy (non-hydrogen) atoms. The summed E-state index contributed by atoms with van der Waals surface area (Å²) in [4.78, 5) is 14.1. The van der Waals surface area contributed by atoms with Crippen LogP contribution in [0.4, 0.5) is 13.2 Å². The van der Waals surface area contributed by atoms with Gasteiger partial charge in [0.05, 0.1) is 12.0 Å². The maximum Gasteiger partial charge on any atom is 0.416 e. The lowest BCUT2D eigenvalue weighted by atomic mass is 9.96. The van der Waals surface area contributed by atoms with Crippen molar-refractivity contribution in [3.8, 4) is 0 Å². The van der Waals surface area contributed by atoms with E-state index < -0.39 is 11.7 Å². The molecule has 1 N–H and O–H groups in total. The molecule has 7 heteroatoms. The van der Waals surface area contributed by atoms with Crippen LogP contribution in [0.5, 0.6) is 0 Å². The van der Waals surface area contributed by atoms with Crippen molar-refractivity contribution in [2.24, 2.45) is 5.92 Å². The molecule has 1 heterocycles. The Labute approximate surface area is 147 Å². The zero-order chi connectivity index (χ0) is 16.9. The first kappa shape index (κ1) is 20.8. The molecule has 1 aromatic carbocycles. The fraction of sp³-hybridized carbons (Fsp3) is 0.588. The van der Waals surface area contributed by atoms with Gasteiger partial charge in [-0.1, -0.05) is 19.1 Å².